The third kappa shape index (κ3) is 2.46. The smallest absolute Gasteiger partial charge is 0.229 e. The van der Waals surface area contributed by atoms with Gasteiger partial charge in [0.2, 0.25) is 5.91 Å². The average molecular weight is 263 g/mol. The fourth-order valence-electron chi connectivity index (χ4n) is 1.55. The van der Waals surface area contributed by atoms with E-state index in [1.165, 1.54) is 0 Å². The van der Waals surface area contributed by atoms with Gasteiger partial charge in [0.25, 0.3) is 0 Å². The second-order valence-electron chi connectivity index (χ2n) is 5.20. The van der Waals surface area contributed by atoms with Crippen molar-refractivity contribution in [3.63, 3.8) is 0 Å². The van der Waals surface area contributed by atoms with Crippen LogP contribution in [-0.4, -0.2) is 10.9 Å². The topological polar surface area (TPSA) is 42.0 Å². The van der Waals surface area contributed by atoms with Gasteiger partial charge in [0.1, 0.15) is 0 Å². The Bertz CT molecular complexity index is 602. The van der Waals surface area contributed by atoms with Gasteiger partial charge >= 0.3 is 0 Å². The molecule has 0 saturated heterocycles. The molecule has 0 aliphatic heterocycles. The van der Waals surface area contributed by atoms with E-state index in [1.54, 1.807) is 18.3 Å². The lowest BCUT2D eigenvalue weighted by Gasteiger charge is -2.18. The Morgan fingerprint density at radius 3 is 2.67 bits per heavy atom. The second-order valence-corrected chi connectivity index (χ2v) is 5.61. The van der Waals surface area contributed by atoms with E-state index in [4.69, 9.17) is 11.6 Å². The third-order valence-electron chi connectivity index (χ3n) is 2.65. The van der Waals surface area contributed by atoms with Crippen LogP contribution in [0.1, 0.15) is 20.8 Å². The lowest BCUT2D eigenvalue weighted by molar-refractivity contribution is -0.123. The maximum Gasteiger partial charge on any atom is 0.229 e. The Balaban J connectivity index is 2.47. The first-order valence-electron chi connectivity index (χ1n) is 5.74. The van der Waals surface area contributed by atoms with E-state index >= 15 is 0 Å². The van der Waals surface area contributed by atoms with E-state index < -0.39 is 5.41 Å². The minimum atomic E-state index is -0.444. The molecule has 0 aliphatic rings. The van der Waals surface area contributed by atoms with E-state index in [2.05, 4.69) is 10.3 Å². The summed E-state index contributed by atoms with van der Waals surface area (Å²) in [5, 5.41) is 4.36. The summed E-state index contributed by atoms with van der Waals surface area (Å²) in [6.07, 6.45) is 1.69. The maximum absolute atomic E-state index is 12.0. The van der Waals surface area contributed by atoms with Crippen LogP contribution in [0.2, 0.25) is 5.02 Å². The molecule has 0 radical (unpaired) electrons. The summed E-state index contributed by atoms with van der Waals surface area (Å²) in [6.45, 7) is 5.61. The first kappa shape index (κ1) is 12.8. The normalized spacial score (nSPS) is 11.6. The monoisotopic (exact) mass is 262 g/mol. The quantitative estimate of drug-likeness (QED) is 0.848. The summed E-state index contributed by atoms with van der Waals surface area (Å²) in [7, 11) is 0. The predicted octanol–water partition coefficient (Wildman–Crippen LogP) is 3.87. The van der Waals surface area contributed by atoms with Crippen molar-refractivity contribution in [2.24, 2.45) is 5.41 Å². The Morgan fingerprint density at radius 2 is 2.00 bits per heavy atom. The number of carbonyl (C=O) groups is 1. The van der Waals surface area contributed by atoms with Crippen LogP contribution >= 0.6 is 11.6 Å². The number of amides is 1. The van der Waals surface area contributed by atoms with Gasteiger partial charge in [-0.05, 0) is 24.3 Å². The number of halogens is 1. The summed E-state index contributed by atoms with van der Waals surface area (Å²) in [6, 6.07) is 7.26. The van der Waals surface area contributed by atoms with Crippen molar-refractivity contribution >= 4 is 34.1 Å². The van der Waals surface area contributed by atoms with Gasteiger partial charge in [-0.1, -0.05) is 32.4 Å². The first-order valence-corrected chi connectivity index (χ1v) is 6.12. The molecule has 4 heteroatoms. The van der Waals surface area contributed by atoms with Crippen LogP contribution in [-0.2, 0) is 4.79 Å². The number of benzene rings is 1. The molecule has 0 bridgehead atoms. The standard InChI is InChI=1S/C14H15ClN2O/c1-14(2,3)13(18)17-11-7-6-10(15)9-5-4-8-16-12(9)11/h4-8H,1-3H3,(H,17,18). The summed E-state index contributed by atoms with van der Waals surface area (Å²) in [5.41, 5.74) is 0.957. The SMILES string of the molecule is CC(C)(C)C(=O)Nc1ccc(Cl)c2cccnc12. The van der Waals surface area contributed by atoms with Crippen molar-refractivity contribution in [1.29, 1.82) is 0 Å². The highest BCUT2D eigenvalue weighted by Gasteiger charge is 2.22. The predicted molar refractivity (Wildman–Crippen MR) is 74.8 cm³/mol. The number of anilines is 1. The molecule has 0 aliphatic carbocycles. The maximum atomic E-state index is 12.0. The molecular formula is C14H15ClN2O. The van der Waals surface area contributed by atoms with Crippen LogP contribution in [0, 0.1) is 5.41 Å². The minimum Gasteiger partial charge on any atom is -0.324 e. The highest BCUT2D eigenvalue weighted by Crippen LogP contribution is 2.29. The van der Waals surface area contributed by atoms with Crippen molar-refractivity contribution in [3.8, 4) is 0 Å². The number of rotatable bonds is 1. The molecule has 94 valence electrons. The van der Waals surface area contributed by atoms with Gasteiger partial charge in [0.05, 0.1) is 16.2 Å². The number of carbonyl (C=O) groups excluding carboxylic acids is 1. The lowest BCUT2D eigenvalue weighted by Crippen LogP contribution is -2.27. The van der Waals surface area contributed by atoms with Crippen LogP contribution < -0.4 is 5.32 Å². The Kier molecular flexibility index (Phi) is 3.26. The highest BCUT2D eigenvalue weighted by atomic mass is 35.5. The third-order valence-corrected chi connectivity index (χ3v) is 2.98. The highest BCUT2D eigenvalue weighted by molar-refractivity contribution is 6.35. The van der Waals surface area contributed by atoms with E-state index in [-0.39, 0.29) is 5.91 Å². The molecule has 3 nitrogen and oxygen atoms in total. The van der Waals surface area contributed by atoms with Crippen LogP contribution in [0.15, 0.2) is 30.5 Å². The number of aromatic nitrogens is 1. The van der Waals surface area contributed by atoms with Crippen molar-refractivity contribution in [2.75, 3.05) is 5.32 Å². The van der Waals surface area contributed by atoms with Gasteiger partial charge in [-0.2, -0.15) is 0 Å². The van der Waals surface area contributed by atoms with Gasteiger partial charge in [-0.25, -0.2) is 0 Å². The summed E-state index contributed by atoms with van der Waals surface area (Å²) >= 11 is 6.10. The molecule has 0 atom stereocenters. The van der Waals surface area contributed by atoms with Crippen molar-refractivity contribution in [1.82, 2.24) is 4.98 Å². The number of nitrogens with zero attached hydrogens (tertiary/aromatic N) is 1. The molecule has 1 amide bonds. The molecule has 1 aromatic carbocycles. The van der Waals surface area contributed by atoms with E-state index in [0.717, 1.165) is 5.39 Å². The van der Waals surface area contributed by atoms with Crippen LogP contribution in [0.25, 0.3) is 10.9 Å². The number of fused-ring (bicyclic) bond motifs is 1. The fraction of sp³-hybridized carbons (Fsp3) is 0.286. The van der Waals surface area contributed by atoms with Gasteiger partial charge in [-0.3, -0.25) is 9.78 Å². The van der Waals surface area contributed by atoms with Gasteiger partial charge in [0.15, 0.2) is 0 Å². The zero-order chi connectivity index (χ0) is 13.3. The largest absolute Gasteiger partial charge is 0.324 e. The number of nitrogens with one attached hydrogen (secondary N) is 1. The minimum absolute atomic E-state index is 0.0447. The number of hydrogen-bond acceptors (Lipinski definition) is 2. The summed E-state index contributed by atoms with van der Waals surface area (Å²) in [5.74, 6) is -0.0447. The Hall–Kier alpha value is -1.61. The molecule has 1 aromatic heterocycles. The second kappa shape index (κ2) is 4.58. The summed E-state index contributed by atoms with van der Waals surface area (Å²) in [4.78, 5) is 16.3. The Labute approximate surface area is 111 Å². The number of pyridine rings is 1. The summed E-state index contributed by atoms with van der Waals surface area (Å²) < 4.78 is 0. The molecule has 18 heavy (non-hydrogen) atoms. The van der Waals surface area contributed by atoms with Crippen LogP contribution in [0.4, 0.5) is 5.69 Å². The molecule has 0 unspecified atom stereocenters. The molecule has 0 spiro atoms. The average Bonchev–Trinajstić information content (AvgIpc) is 2.32. The molecule has 1 N–H and O–H groups in total. The Morgan fingerprint density at radius 1 is 1.28 bits per heavy atom. The van der Waals surface area contributed by atoms with Gasteiger partial charge in [0, 0.05) is 17.0 Å². The van der Waals surface area contributed by atoms with E-state index in [1.807, 2.05) is 32.9 Å². The molecule has 0 saturated carbocycles. The van der Waals surface area contributed by atoms with Gasteiger partial charge < -0.3 is 5.32 Å². The van der Waals surface area contributed by atoms with E-state index in [9.17, 15) is 4.79 Å². The zero-order valence-corrected chi connectivity index (χ0v) is 11.4. The van der Waals surface area contributed by atoms with E-state index in [0.29, 0.717) is 16.2 Å². The van der Waals surface area contributed by atoms with Gasteiger partial charge in [-0.15, -0.1) is 0 Å². The van der Waals surface area contributed by atoms with Crippen LogP contribution in [0.3, 0.4) is 0 Å². The first-order chi connectivity index (χ1) is 8.39. The fourth-order valence-corrected chi connectivity index (χ4v) is 1.76. The number of hydrogen-bond donors (Lipinski definition) is 1. The zero-order valence-electron chi connectivity index (χ0n) is 10.6. The molecular weight excluding hydrogens is 248 g/mol. The van der Waals surface area contributed by atoms with Crippen LogP contribution in [0.5, 0.6) is 0 Å². The van der Waals surface area contributed by atoms with Crippen molar-refractivity contribution < 1.29 is 4.79 Å². The van der Waals surface area contributed by atoms with Crippen molar-refractivity contribution in [3.05, 3.63) is 35.5 Å². The molecule has 2 rings (SSSR count). The van der Waals surface area contributed by atoms with Crippen molar-refractivity contribution in [2.45, 2.75) is 20.8 Å². The molecule has 2 aromatic rings. The molecule has 1 heterocycles. The molecule has 0 fully saturated rings. The lowest BCUT2D eigenvalue weighted by atomic mass is 9.95.